The Balaban J connectivity index is 1.39. The number of hydrogen-bond donors (Lipinski definition) is 1. The third kappa shape index (κ3) is 6.90. The Hall–Kier alpha value is -2.83. The normalized spacial score (nSPS) is 14.2. The molecule has 1 N–H and O–H groups in total. The lowest BCUT2D eigenvalue weighted by molar-refractivity contribution is -0.119. The molecule has 0 radical (unpaired) electrons. The van der Waals surface area contributed by atoms with E-state index in [9.17, 15) is 21.6 Å². The van der Waals surface area contributed by atoms with Gasteiger partial charge in [0.1, 0.15) is 18.9 Å². The van der Waals surface area contributed by atoms with E-state index in [0.29, 0.717) is 18.8 Å². The molecule has 0 saturated carbocycles. The van der Waals surface area contributed by atoms with E-state index in [-0.39, 0.29) is 38.7 Å². The van der Waals surface area contributed by atoms with Gasteiger partial charge in [-0.25, -0.2) is 16.8 Å². The Morgan fingerprint density at radius 1 is 0.925 bits per heavy atom. The molecule has 1 amide bonds. The summed E-state index contributed by atoms with van der Waals surface area (Å²) < 4.78 is 60.4. The number of hydrogen-bond acceptors (Lipinski definition) is 6. The van der Waals surface area contributed by atoms with Crippen molar-refractivity contribution in [2.75, 3.05) is 37.1 Å². The number of aryl methyl sites for hydroxylation is 1. The molecule has 1 aliphatic heterocycles. The molecular weight excluding hydrogens is 597 g/mol. The van der Waals surface area contributed by atoms with Gasteiger partial charge < -0.3 is 10.1 Å². The lowest BCUT2D eigenvalue weighted by Gasteiger charge is -2.25. The number of carbonyl (C=O) groups excluding carboxylic acids is 1. The third-order valence-corrected chi connectivity index (χ3v) is 10.8. The maximum absolute atomic E-state index is 13.5. The lowest BCUT2D eigenvalue weighted by atomic mass is 10.2. The second-order valence-electron chi connectivity index (χ2n) is 9.18. The van der Waals surface area contributed by atoms with E-state index in [1.165, 1.54) is 40.7 Å². The summed E-state index contributed by atoms with van der Waals surface area (Å²) in [6, 6.07) is 16.9. The molecule has 40 heavy (non-hydrogen) atoms. The smallest absolute Gasteiger partial charge is 0.264 e. The van der Waals surface area contributed by atoms with Crippen molar-refractivity contribution in [1.82, 2.24) is 9.62 Å². The number of halogens is 2. The van der Waals surface area contributed by atoms with Crippen LogP contribution in [0.2, 0.25) is 10.0 Å². The van der Waals surface area contributed by atoms with E-state index in [0.717, 1.165) is 22.7 Å². The van der Waals surface area contributed by atoms with Crippen LogP contribution < -0.4 is 14.4 Å². The SMILES string of the molecule is Cc1ccc(S(=O)(=O)N(CC(=O)NCCOc2ccc(S(=O)(=O)N3CCCC3)cc2)c2cccc(Cl)c2Cl)cc1. The van der Waals surface area contributed by atoms with Crippen LogP contribution in [0.5, 0.6) is 5.75 Å². The van der Waals surface area contributed by atoms with Gasteiger partial charge in [-0.05, 0) is 68.3 Å². The number of ether oxygens (including phenoxy) is 1. The van der Waals surface area contributed by atoms with E-state index < -0.39 is 32.5 Å². The second kappa shape index (κ2) is 12.8. The summed E-state index contributed by atoms with van der Waals surface area (Å²) in [5, 5.41) is 2.80. The highest BCUT2D eigenvalue weighted by Crippen LogP contribution is 2.35. The minimum Gasteiger partial charge on any atom is -0.492 e. The molecule has 0 bridgehead atoms. The number of amides is 1. The lowest BCUT2D eigenvalue weighted by Crippen LogP contribution is -2.42. The highest BCUT2D eigenvalue weighted by molar-refractivity contribution is 7.93. The molecule has 3 aromatic carbocycles. The maximum atomic E-state index is 13.5. The summed E-state index contributed by atoms with van der Waals surface area (Å²) in [5.41, 5.74) is 0.956. The number of rotatable bonds is 11. The van der Waals surface area contributed by atoms with Crippen LogP contribution in [0.4, 0.5) is 5.69 Å². The van der Waals surface area contributed by atoms with Crippen LogP contribution in [0.15, 0.2) is 76.5 Å². The molecule has 214 valence electrons. The molecule has 1 saturated heterocycles. The highest BCUT2D eigenvalue weighted by Gasteiger charge is 2.29. The Labute approximate surface area is 244 Å². The maximum Gasteiger partial charge on any atom is 0.264 e. The fourth-order valence-electron chi connectivity index (χ4n) is 4.15. The van der Waals surface area contributed by atoms with Crippen molar-refractivity contribution in [2.45, 2.75) is 29.6 Å². The molecule has 9 nitrogen and oxygen atoms in total. The van der Waals surface area contributed by atoms with Gasteiger partial charge in [-0.3, -0.25) is 9.10 Å². The molecular formula is C27H29Cl2N3O6S2. The van der Waals surface area contributed by atoms with Crippen LogP contribution in [0.25, 0.3) is 0 Å². The monoisotopic (exact) mass is 625 g/mol. The molecule has 3 aromatic rings. The number of carbonyl (C=O) groups is 1. The zero-order valence-electron chi connectivity index (χ0n) is 21.7. The first-order valence-electron chi connectivity index (χ1n) is 12.5. The van der Waals surface area contributed by atoms with Gasteiger partial charge >= 0.3 is 0 Å². The van der Waals surface area contributed by atoms with E-state index in [1.54, 1.807) is 30.3 Å². The van der Waals surface area contributed by atoms with Crippen LogP contribution in [-0.2, 0) is 24.8 Å². The van der Waals surface area contributed by atoms with E-state index in [2.05, 4.69) is 5.32 Å². The molecule has 1 heterocycles. The fraction of sp³-hybridized carbons (Fsp3) is 0.296. The number of nitrogens with zero attached hydrogens (tertiary/aromatic N) is 2. The van der Waals surface area contributed by atoms with Crippen molar-refractivity contribution in [1.29, 1.82) is 0 Å². The first-order valence-corrected chi connectivity index (χ1v) is 16.2. The van der Waals surface area contributed by atoms with Crippen LogP contribution in [0.3, 0.4) is 0 Å². The van der Waals surface area contributed by atoms with Gasteiger partial charge in [0.25, 0.3) is 10.0 Å². The van der Waals surface area contributed by atoms with Crippen molar-refractivity contribution < 1.29 is 26.4 Å². The summed E-state index contributed by atoms with van der Waals surface area (Å²) in [6.07, 6.45) is 1.71. The number of sulfonamides is 2. The predicted molar refractivity (Wildman–Crippen MR) is 155 cm³/mol. The van der Waals surface area contributed by atoms with Gasteiger partial charge in [-0.2, -0.15) is 4.31 Å². The highest BCUT2D eigenvalue weighted by atomic mass is 35.5. The van der Waals surface area contributed by atoms with Crippen LogP contribution in [0, 0.1) is 6.92 Å². The molecule has 13 heteroatoms. The van der Waals surface area contributed by atoms with E-state index in [1.807, 2.05) is 6.92 Å². The molecule has 0 unspecified atom stereocenters. The van der Waals surface area contributed by atoms with Crippen molar-refractivity contribution in [3.8, 4) is 5.75 Å². The molecule has 0 spiro atoms. The van der Waals surface area contributed by atoms with Crippen molar-refractivity contribution in [2.24, 2.45) is 0 Å². The summed E-state index contributed by atoms with van der Waals surface area (Å²) in [7, 11) is -7.67. The summed E-state index contributed by atoms with van der Waals surface area (Å²) in [5.74, 6) is -0.147. The minimum absolute atomic E-state index is 0.000433. The van der Waals surface area contributed by atoms with E-state index >= 15 is 0 Å². The zero-order valence-corrected chi connectivity index (χ0v) is 24.9. The summed E-state index contributed by atoms with van der Waals surface area (Å²) >= 11 is 12.5. The fourth-order valence-corrected chi connectivity index (χ4v) is 7.55. The molecule has 1 aliphatic rings. The van der Waals surface area contributed by atoms with E-state index in [4.69, 9.17) is 27.9 Å². The van der Waals surface area contributed by atoms with Gasteiger partial charge in [-0.15, -0.1) is 0 Å². The van der Waals surface area contributed by atoms with Gasteiger partial charge in [-0.1, -0.05) is 47.0 Å². The minimum atomic E-state index is -4.16. The van der Waals surface area contributed by atoms with Gasteiger partial charge in [0.15, 0.2) is 0 Å². The van der Waals surface area contributed by atoms with Gasteiger partial charge in [0.2, 0.25) is 15.9 Å². The average Bonchev–Trinajstić information content (AvgIpc) is 3.48. The van der Waals surface area contributed by atoms with Crippen molar-refractivity contribution in [3.63, 3.8) is 0 Å². The third-order valence-electron chi connectivity index (χ3n) is 6.32. The largest absolute Gasteiger partial charge is 0.492 e. The second-order valence-corrected chi connectivity index (χ2v) is 13.8. The van der Waals surface area contributed by atoms with Gasteiger partial charge in [0, 0.05) is 13.1 Å². The molecule has 1 fully saturated rings. The standard InChI is InChI=1S/C27H29Cl2N3O6S2/c1-20-7-11-23(12-8-20)40(36,37)32(25-6-4-5-24(28)27(25)29)19-26(33)30-15-18-38-21-9-13-22(14-10-21)39(34,35)31-16-2-3-17-31/h4-14H,2-3,15-19H2,1H3,(H,30,33). The van der Waals surface area contributed by atoms with Crippen molar-refractivity contribution >= 4 is 54.8 Å². The Morgan fingerprint density at radius 2 is 1.55 bits per heavy atom. The number of benzene rings is 3. The van der Waals surface area contributed by atoms with Crippen LogP contribution >= 0.6 is 23.2 Å². The van der Waals surface area contributed by atoms with Gasteiger partial charge in [0.05, 0.1) is 32.1 Å². The predicted octanol–water partition coefficient (Wildman–Crippen LogP) is 4.48. The number of anilines is 1. The van der Waals surface area contributed by atoms with Crippen molar-refractivity contribution in [3.05, 3.63) is 82.3 Å². The summed E-state index contributed by atoms with van der Waals surface area (Å²) in [6.45, 7) is 2.49. The first-order chi connectivity index (χ1) is 19.0. The molecule has 0 aliphatic carbocycles. The van der Waals surface area contributed by atoms with Crippen LogP contribution in [-0.4, -0.2) is 59.8 Å². The topological polar surface area (TPSA) is 113 Å². The number of nitrogens with one attached hydrogen (secondary N) is 1. The Kier molecular flexibility index (Phi) is 9.63. The summed E-state index contributed by atoms with van der Waals surface area (Å²) in [4.78, 5) is 13.0. The zero-order chi connectivity index (χ0) is 28.9. The molecule has 0 aromatic heterocycles. The van der Waals surface area contributed by atoms with Crippen LogP contribution in [0.1, 0.15) is 18.4 Å². The first kappa shape index (κ1) is 30.1. The molecule has 0 atom stereocenters. The quantitative estimate of drug-likeness (QED) is 0.314. The molecule has 4 rings (SSSR count). The Morgan fingerprint density at radius 3 is 2.20 bits per heavy atom. The Bertz CT molecular complexity index is 1560. The average molecular weight is 627 g/mol.